The number of hydrogen-bond donors (Lipinski definition) is 1. The number of piperidine rings is 1. The highest BCUT2D eigenvalue weighted by molar-refractivity contribution is 4.80. The molecule has 0 saturated carbocycles. The Kier molecular flexibility index (Phi) is 4.66. The van der Waals surface area contributed by atoms with Gasteiger partial charge in [0.15, 0.2) is 0 Å². The van der Waals surface area contributed by atoms with Gasteiger partial charge in [-0.3, -0.25) is 0 Å². The second-order valence-corrected chi connectivity index (χ2v) is 6.24. The fourth-order valence-corrected chi connectivity index (χ4v) is 3.37. The summed E-state index contributed by atoms with van der Waals surface area (Å²) in [5.41, 5.74) is 0. The van der Waals surface area contributed by atoms with Crippen molar-refractivity contribution in [3.05, 3.63) is 0 Å². The van der Waals surface area contributed by atoms with Crippen molar-refractivity contribution in [2.45, 2.75) is 39.5 Å². The molecule has 0 aromatic heterocycles. The molecule has 0 radical (unpaired) electrons. The molecule has 1 atom stereocenters. The molecule has 2 aliphatic heterocycles. The van der Waals surface area contributed by atoms with Gasteiger partial charge >= 0.3 is 0 Å². The first-order valence-electron chi connectivity index (χ1n) is 7.17. The molecule has 2 aliphatic rings. The topological polar surface area (TPSA) is 15.3 Å². The van der Waals surface area contributed by atoms with Crippen LogP contribution < -0.4 is 5.32 Å². The van der Waals surface area contributed by atoms with Gasteiger partial charge in [0.05, 0.1) is 0 Å². The van der Waals surface area contributed by atoms with Crippen molar-refractivity contribution in [2.75, 3.05) is 32.7 Å². The Bertz CT molecular complexity index is 197. The third-order valence-corrected chi connectivity index (χ3v) is 4.15. The molecule has 0 aromatic carbocycles. The molecular formula is C14H28N2. The summed E-state index contributed by atoms with van der Waals surface area (Å²) in [5, 5.41) is 3.46. The van der Waals surface area contributed by atoms with Crippen molar-refractivity contribution >= 4 is 0 Å². The quantitative estimate of drug-likeness (QED) is 0.788. The lowest BCUT2D eigenvalue weighted by Crippen LogP contribution is -2.35. The van der Waals surface area contributed by atoms with Gasteiger partial charge in [-0.1, -0.05) is 13.8 Å². The van der Waals surface area contributed by atoms with E-state index in [2.05, 4.69) is 24.1 Å². The smallest absolute Gasteiger partial charge is 0.00107 e. The Hall–Kier alpha value is -0.0800. The summed E-state index contributed by atoms with van der Waals surface area (Å²) >= 11 is 0. The van der Waals surface area contributed by atoms with Crippen LogP contribution in [0.5, 0.6) is 0 Å². The molecule has 0 unspecified atom stereocenters. The minimum atomic E-state index is 0.879. The lowest BCUT2D eigenvalue weighted by molar-refractivity contribution is 0.231. The first kappa shape index (κ1) is 12.4. The van der Waals surface area contributed by atoms with Crippen molar-refractivity contribution in [3.8, 4) is 0 Å². The van der Waals surface area contributed by atoms with Gasteiger partial charge in [-0.25, -0.2) is 0 Å². The minimum Gasteiger partial charge on any atom is -0.317 e. The van der Waals surface area contributed by atoms with Gasteiger partial charge in [-0.2, -0.15) is 0 Å². The molecule has 16 heavy (non-hydrogen) atoms. The van der Waals surface area contributed by atoms with Crippen LogP contribution in [0.4, 0.5) is 0 Å². The fraction of sp³-hybridized carbons (Fsp3) is 1.00. The van der Waals surface area contributed by atoms with Crippen LogP contribution >= 0.6 is 0 Å². The van der Waals surface area contributed by atoms with Crippen LogP contribution in [0.15, 0.2) is 0 Å². The molecule has 0 aliphatic carbocycles. The minimum absolute atomic E-state index is 0.879. The van der Waals surface area contributed by atoms with E-state index in [0.717, 1.165) is 17.8 Å². The van der Waals surface area contributed by atoms with Crippen molar-refractivity contribution in [2.24, 2.45) is 17.8 Å². The van der Waals surface area contributed by atoms with Crippen molar-refractivity contribution in [1.82, 2.24) is 10.2 Å². The van der Waals surface area contributed by atoms with Gasteiger partial charge in [-0.15, -0.1) is 0 Å². The first-order valence-corrected chi connectivity index (χ1v) is 7.17. The molecule has 2 heteroatoms. The van der Waals surface area contributed by atoms with Crippen LogP contribution in [-0.2, 0) is 0 Å². The Balaban J connectivity index is 1.67. The van der Waals surface area contributed by atoms with Gasteiger partial charge in [0.25, 0.3) is 0 Å². The van der Waals surface area contributed by atoms with Crippen LogP contribution in [0.25, 0.3) is 0 Å². The van der Waals surface area contributed by atoms with E-state index < -0.39 is 0 Å². The normalized spacial score (nSPS) is 29.1. The molecular weight excluding hydrogens is 196 g/mol. The van der Waals surface area contributed by atoms with Gasteiger partial charge in [0, 0.05) is 13.1 Å². The number of nitrogens with one attached hydrogen (secondary N) is 1. The number of hydrogen-bond acceptors (Lipinski definition) is 2. The molecule has 2 rings (SSSR count). The zero-order valence-corrected chi connectivity index (χ0v) is 11.0. The first-order chi connectivity index (χ1) is 7.74. The molecule has 2 saturated heterocycles. The zero-order chi connectivity index (χ0) is 11.4. The molecule has 94 valence electrons. The van der Waals surface area contributed by atoms with Crippen LogP contribution in [0, 0.1) is 17.8 Å². The summed E-state index contributed by atoms with van der Waals surface area (Å²) in [6, 6.07) is 0. The third-order valence-electron chi connectivity index (χ3n) is 4.15. The second kappa shape index (κ2) is 6.02. The molecule has 0 aromatic rings. The second-order valence-electron chi connectivity index (χ2n) is 6.24. The Morgan fingerprint density at radius 2 is 1.88 bits per heavy atom. The molecule has 2 fully saturated rings. The van der Waals surface area contributed by atoms with Gasteiger partial charge in [0.2, 0.25) is 0 Å². The highest BCUT2D eigenvalue weighted by Crippen LogP contribution is 2.25. The number of rotatable bonds is 4. The lowest BCUT2D eigenvalue weighted by Gasteiger charge is -2.27. The van der Waals surface area contributed by atoms with E-state index in [9.17, 15) is 0 Å². The largest absolute Gasteiger partial charge is 0.317 e. The highest BCUT2D eigenvalue weighted by Gasteiger charge is 2.25. The van der Waals surface area contributed by atoms with Crippen molar-refractivity contribution in [1.29, 1.82) is 0 Å². The van der Waals surface area contributed by atoms with E-state index in [1.54, 1.807) is 0 Å². The standard InChI is InChI=1S/C14H28N2/c1-12(2)9-14-5-8-16(11-14)10-13-3-6-15-7-4-13/h12-15H,3-11H2,1-2H3/t14-/m1/s1. The average molecular weight is 224 g/mol. The third kappa shape index (κ3) is 3.74. The Labute approximate surface area is 101 Å². The predicted octanol–water partition coefficient (Wildman–Crippen LogP) is 2.35. The predicted molar refractivity (Wildman–Crippen MR) is 69.6 cm³/mol. The van der Waals surface area contributed by atoms with Crippen LogP contribution in [0.1, 0.15) is 39.5 Å². The summed E-state index contributed by atoms with van der Waals surface area (Å²) in [5.74, 6) is 2.84. The maximum Gasteiger partial charge on any atom is 0.00107 e. The summed E-state index contributed by atoms with van der Waals surface area (Å²) in [6.45, 7) is 11.3. The van der Waals surface area contributed by atoms with Gasteiger partial charge in [0.1, 0.15) is 0 Å². The van der Waals surface area contributed by atoms with E-state index in [0.29, 0.717) is 0 Å². The van der Waals surface area contributed by atoms with E-state index in [1.165, 1.54) is 58.4 Å². The summed E-state index contributed by atoms with van der Waals surface area (Å²) in [6.07, 6.45) is 5.67. The summed E-state index contributed by atoms with van der Waals surface area (Å²) in [7, 11) is 0. The van der Waals surface area contributed by atoms with E-state index >= 15 is 0 Å². The Morgan fingerprint density at radius 1 is 1.12 bits per heavy atom. The summed E-state index contributed by atoms with van der Waals surface area (Å²) < 4.78 is 0. The maximum absolute atomic E-state index is 3.46. The monoisotopic (exact) mass is 224 g/mol. The SMILES string of the molecule is CC(C)C[C@H]1CCN(CC2CCNCC2)C1. The van der Waals surface area contributed by atoms with Crippen LogP contribution in [-0.4, -0.2) is 37.6 Å². The fourth-order valence-electron chi connectivity index (χ4n) is 3.37. The molecule has 1 N–H and O–H groups in total. The van der Waals surface area contributed by atoms with Crippen LogP contribution in [0.3, 0.4) is 0 Å². The lowest BCUT2D eigenvalue weighted by atomic mass is 9.96. The molecule has 0 spiro atoms. The van der Waals surface area contributed by atoms with E-state index in [-0.39, 0.29) is 0 Å². The van der Waals surface area contributed by atoms with Crippen molar-refractivity contribution in [3.63, 3.8) is 0 Å². The highest BCUT2D eigenvalue weighted by atomic mass is 15.1. The van der Waals surface area contributed by atoms with Gasteiger partial charge in [-0.05, 0) is 63.1 Å². The number of likely N-dealkylation sites (tertiary alicyclic amines) is 1. The Morgan fingerprint density at radius 3 is 2.56 bits per heavy atom. The molecule has 2 heterocycles. The van der Waals surface area contributed by atoms with Gasteiger partial charge < -0.3 is 10.2 Å². The number of nitrogens with zero attached hydrogens (tertiary/aromatic N) is 1. The summed E-state index contributed by atoms with van der Waals surface area (Å²) in [4.78, 5) is 2.73. The molecule has 0 amide bonds. The van der Waals surface area contributed by atoms with E-state index in [1.807, 2.05) is 0 Å². The van der Waals surface area contributed by atoms with Crippen molar-refractivity contribution < 1.29 is 0 Å². The van der Waals surface area contributed by atoms with Crippen LogP contribution in [0.2, 0.25) is 0 Å². The average Bonchev–Trinajstić information content (AvgIpc) is 2.66. The molecule has 0 bridgehead atoms. The zero-order valence-electron chi connectivity index (χ0n) is 11.0. The maximum atomic E-state index is 3.46. The van der Waals surface area contributed by atoms with E-state index in [4.69, 9.17) is 0 Å². The molecule has 2 nitrogen and oxygen atoms in total.